The summed E-state index contributed by atoms with van der Waals surface area (Å²) in [6.07, 6.45) is 0. The summed E-state index contributed by atoms with van der Waals surface area (Å²) in [6.45, 7) is 4.78. The Morgan fingerprint density at radius 1 is 1.29 bits per heavy atom. The number of aryl methyl sites for hydroxylation is 2. The van der Waals surface area contributed by atoms with E-state index in [1.54, 1.807) is 11.3 Å². The molecule has 0 saturated carbocycles. The zero-order chi connectivity index (χ0) is 12.4. The molecule has 4 nitrogen and oxygen atoms in total. The first kappa shape index (κ1) is 11.9. The predicted octanol–water partition coefficient (Wildman–Crippen LogP) is 2.37. The largest absolute Gasteiger partial charge is 0.397 e. The zero-order valence-electron chi connectivity index (χ0n) is 10.3. The van der Waals surface area contributed by atoms with Crippen molar-refractivity contribution in [2.75, 3.05) is 17.7 Å². The SMILES string of the molecule is Cc1nc(N(C)Cc2scnc2C)ccc1N. The molecule has 0 aliphatic heterocycles. The van der Waals surface area contributed by atoms with Crippen molar-refractivity contribution in [3.8, 4) is 0 Å². The van der Waals surface area contributed by atoms with Crippen molar-refractivity contribution in [1.82, 2.24) is 9.97 Å². The van der Waals surface area contributed by atoms with Crippen LogP contribution >= 0.6 is 11.3 Å². The minimum Gasteiger partial charge on any atom is -0.397 e. The van der Waals surface area contributed by atoms with Crippen LogP contribution in [0.15, 0.2) is 17.6 Å². The van der Waals surface area contributed by atoms with Gasteiger partial charge in [0.2, 0.25) is 0 Å². The van der Waals surface area contributed by atoms with Gasteiger partial charge in [0, 0.05) is 11.9 Å². The number of hydrogen-bond donors (Lipinski definition) is 1. The van der Waals surface area contributed by atoms with Gasteiger partial charge in [0.05, 0.1) is 29.1 Å². The maximum atomic E-state index is 5.76. The zero-order valence-corrected chi connectivity index (χ0v) is 11.1. The molecule has 90 valence electrons. The van der Waals surface area contributed by atoms with Crippen molar-refractivity contribution in [2.45, 2.75) is 20.4 Å². The number of pyridine rings is 1. The minimum atomic E-state index is 0.733. The Bertz CT molecular complexity index is 521. The van der Waals surface area contributed by atoms with Crippen molar-refractivity contribution >= 4 is 22.8 Å². The van der Waals surface area contributed by atoms with E-state index in [1.165, 1.54) is 4.88 Å². The van der Waals surface area contributed by atoms with Crippen molar-refractivity contribution in [3.63, 3.8) is 0 Å². The molecule has 2 aromatic rings. The van der Waals surface area contributed by atoms with Gasteiger partial charge < -0.3 is 10.6 Å². The van der Waals surface area contributed by atoms with Gasteiger partial charge in [-0.2, -0.15) is 0 Å². The van der Waals surface area contributed by atoms with Crippen LogP contribution in [0.2, 0.25) is 0 Å². The highest BCUT2D eigenvalue weighted by Crippen LogP contribution is 2.20. The van der Waals surface area contributed by atoms with Crippen LogP contribution in [0.3, 0.4) is 0 Å². The predicted molar refractivity (Wildman–Crippen MR) is 72.3 cm³/mol. The van der Waals surface area contributed by atoms with Gasteiger partial charge >= 0.3 is 0 Å². The Labute approximate surface area is 105 Å². The van der Waals surface area contributed by atoms with E-state index in [4.69, 9.17) is 5.73 Å². The first-order valence-corrected chi connectivity index (χ1v) is 6.29. The lowest BCUT2D eigenvalue weighted by Gasteiger charge is -2.18. The maximum absolute atomic E-state index is 5.76. The molecule has 0 unspecified atom stereocenters. The molecule has 2 rings (SSSR count). The van der Waals surface area contributed by atoms with Crippen LogP contribution in [0.1, 0.15) is 16.3 Å². The van der Waals surface area contributed by atoms with Crippen molar-refractivity contribution in [2.24, 2.45) is 0 Å². The molecule has 5 heteroatoms. The molecule has 0 bridgehead atoms. The molecule has 0 atom stereocenters. The third-order valence-corrected chi connectivity index (χ3v) is 3.65. The van der Waals surface area contributed by atoms with Gasteiger partial charge in [0.1, 0.15) is 5.82 Å². The van der Waals surface area contributed by atoms with Gasteiger partial charge in [-0.25, -0.2) is 9.97 Å². The average Bonchev–Trinajstić information content (AvgIpc) is 2.68. The smallest absolute Gasteiger partial charge is 0.129 e. The van der Waals surface area contributed by atoms with Gasteiger partial charge in [-0.1, -0.05) is 0 Å². The van der Waals surface area contributed by atoms with Crippen molar-refractivity contribution in [3.05, 3.63) is 33.9 Å². The summed E-state index contributed by atoms with van der Waals surface area (Å²) in [5, 5.41) is 0. The Morgan fingerprint density at radius 2 is 2.06 bits per heavy atom. The molecular formula is C12H16N4S. The number of hydrogen-bond acceptors (Lipinski definition) is 5. The second-order valence-corrected chi connectivity index (χ2v) is 5.00. The van der Waals surface area contributed by atoms with E-state index in [0.29, 0.717) is 0 Å². The molecule has 0 aliphatic carbocycles. The van der Waals surface area contributed by atoms with E-state index in [-0.39, 0.29) is 0 Å². The van der Waals surface area contributed by atoms with Gasteiger partial charge in [-0.15, -0.1) is 11.3 Å². The lowest BCUT2D eigenvalue weighted by Crippen LogP contribution is -2.18. The highest BCUT2D eigenvalue weighted by atomic mass is 32.1. The van der Waals surface area contributed by atoms with Gasteiger partial charge in [-0.05, 0) is 26.0 Å². The number of nitrogens with zero attached hydrogens (tertiary/aromatic N) is 3. The van der Waals surface area contributed by atoms with Crippen LogP contribution in [0.5, 0.6) is 0 Å². The Hall–Kier alpha value is -1.62. The van der Waals surface area contributed by atoms with Crippen LogP contribution in [-0.2, 0) is 6.54 Å². The van der Waals surface area contributed by atoms with Crippen LogP contribution in [0, 0.1) is 13.8 Å². The van der Waals surface area contributed by atoms with Crippen LogP contribution in [-0.4, -0.2) is 17.0 Å². The van der Waals surface area contributed by atoms with E-state index in [0.717, 1.165) is 29.4 Å². The molecule has 17 heavy (non-hydrogen) atoms. The molecule has 2 N–H and O–H groups in total. The first-order valence-electron chi connectivity index (χ1n) is 5.41. The monoisotopic (exact) mass is 248 g/mol. The molecule has 0 aromatic carbocycles. The van der Waals surface area contributed by atoms with Crippen LogP contribution < -0.4 is 10.6 Å². The second-order valence-electron chi connectivity index (χ2n) is 4.06. The fourth-order valence-corrected chi connectivity index (χ4v) is 2.38. The van der Waals surface area contributed by atoms with E-state index in [1.807, 2.05) is 38.5 Å². The van der Waals surface area contributed by atoms with Gasteiger partial charge in [0.25, 0.3) is 0 Å². The highest BCUT2D eigenvalue weighted by Gasteiger charge is 2.08. The number of nitrogens with two attached hydrogens (primary N) is 1. The number of nitrogen functional groups attached to an aromatic ring is 1. The molecule has 0 saturated heterocycles. The quantitative estimate of drug-likeness (QED) is 0.906. The third-order valence-electron chi connectivity index (χ3n) is 2.73. The minimum absolute atomic E-state index is 0.733. The molecule has 0 fully saturated rings. The van der Waals surface area contributed by atoms with Gasteiger partial charge in [0.15, 0.2) is 0 Å². The lowest BCUT2D eigenvalue weighted by molar-refractivity contribution is 0.896. The summed E-state index contributed by atoms with van der Waals surface area (Å²) in [5.74, 6) is 0.935. The standard InChI is InChI=1S/C12H16N4S/c1-8-10(13)4-5-12(15-8)16(3)6-11-9(2)14-7-17-11/h4-5,7H,6,13H2,1-3H3. The van der Waals surface area contributed by atoms with E-state index in [2.05, 4.69) is 14.9 Å². The fourth-order valence-electron chi connectivity index (χ4n) is 1.55. The van der Waals surface area contributed by atoms with Crippen molar-refractivity contribution < 1.29 is 0 Å². The highest BCUT2D eigenvalue weighted by molar-refractivity contribution is 7.09. The number of rotatable bonds is 3. The van der Waals surface area contributed by atoms with Crippen LogP contribution in [0.4, 0.5) is 11.5 Å². The lowest BCUT2D eigenvalue weighted by atomic mass is 10.3. The summed E-state index contributed by atoms with van der Waals surface area (Å²) in [6, 6.07) is 3.84. The molecule has 0 aliphatic rings. The molecule has 0 amide bonds. The molecular weight excluding hydrogens is 232 g/mol. The van der Waals surface area contributed by atoms with E-state index < -0.39 is 0 Å². The number of anilines is 2. The summed E-state index contributed by atoms with van der Waals surface area (Å²) in [5.41, 5.74) is 10.3. The fraction of sp³-hybridized carbons (Fsp3) is 0.333. The maximum Gasteiger partial charge on any atom is 0.129 e. The third kappa shape index (κ3) is 2.55. The topological polar surface area (TPSA) is 55.0 Å². The Kier molecular flexibility index (Phi) is 3.28. The molecule has 2 aromatic heterocycles. The van der Waals surface area contributed by atoms with E-state index >= 15 is 0 Å². The number of thiazole rings is 1. The van der Waals surface area contributed by atoms with Crippen LogP contribution in [0.25, 0.3) is 0 Å². The summed E-state index contributed by atoms with van der Waals surface area (Å²) >= 11 is 1.67. The second kappa shape index (κ2) is 4.71. The summed E-state index contributed by atoms with van der Waals surface area (Å²) in [4.78, 5) is 12.1. The Balaban J connectivity index is 2.17. The molecule has 0 radical (unpaired) electrons. The first-order chi connectivity index (χ1) is 8.08. The molecule has 0 spiro atoms. The Morgan fingerprint density at radius 3 is 2.65 bits per heavy atom. The average molecular weight is 248 g/mol. The normalized spacial score (nSPS) is 10.5. The number of aromatic nitrogens is 2. The summed E-state index contributed by atoms with van der Waals surface area (Å²) in [7, 11) is 2.02. The van der Waals surface area contributed by atoms with Crippen molar-refractivity contribution in [1.29, 1.82) is 0 Å². The molecule has 2 heterocycles. The summed E-state index contributed by atoms with van der Waals surface area (Å²) < 4.78 is 0. The van der Waals surface area contributed by atoms with Gasteiger partial charge in [-0.3, -0.25) is 0 Å². The van der Waals surface area contributed by atoms with E-state index in [9.17, 15) is 0 Å².